The van der Waals surface area contributed by atoms with Gasteiger partial charge in [-0.05, 0) is 35.8 Å². The fraction of sp³-hybridized carbons (Fsp3) is 0.0909. The van der Waals surface area contributed by atoms with Gasteiger partial charge < -0.3 is 11.1 Å². The normalized spacial score (nSPS) is 10.9. The molecule has 1 aromatic heterocycles. The third kappa shape index (κ3) is 4.68. The lowest BCUT2D eigenvalue weighted by atomic mass is 10.1. The van der Waals surface area contributed by atoms with Crippen molar-refractivity contribution in [2.45, 2.75) is 13.3 Å². The molecular weight excluding hydrogens is 392 g/mol. The summed E-state index contributed by atoms with van der Waals surface area (Å²) in [6, 6.07) is 17.2. The number of hydrogen-bond acceptors (Lipinski definition) is 3. The molecule has 142 valence electrons. The summed E-state index contributed by atoms with van der Waals surface area (Å²) in [7, 11) is 0. The predicted octanol–water partition coefficient (Wildman–Crippen LogP) is 5.05. The van der Waals surface area contributed by atoms with Gasteiger partial charge >= 0.3 is 0 Å². The van der Waals surface area contributed by atoms with E-state index in [1.165, 1.54) is 17.4 Å². The molecule has 0 bridgehead atoms. The summed E-state index contributed by atoms with van der Waals surface area (Å²) in [6.07, 6.45) is 3.69. The van der Waals surface area contributed by atoms with Crippen molar-refractivity contribution in [2.24, 2.45) is 5.73 Å². The van der Waals surface area contributed by atoms with Crippen LogP contribution in [-0.4, -0.2) is 11.8 Å². The Kier molecular flexibility index (Phi) is 6.29. The van der Waals surface area contributed by atoms with Crippen LogP contribution in [0.4, 0.5) is 5.00 Å². The number of nitrogens with two attached hydrogens (primary N) is 1. The molecule has 0 aliphatic heterocycles. The van der Waals surface area contributed by atoms with E-state index in [-0.39, 0.29) is 5.91 Å². The van der Waals surface area contributed by atoms with Crippen LogP contribution >= 0.6 is 22.9 Å². The van der Waals surface area contributed by atoms with Crippen LogP contribution in [0.5, 0.6) is 0 Å². The van der Waals surface area contributed by atoms with E-state index in [0.29, 0.717) is 22.0 Å². The van der Waals surface area contributed by atoms with Gasteiger partial charge in [-0.25, -0.2) is 0 Å². The zero-order chi connectivity index (χ0) is 20.1. The van der Waals surface area contributed by atoms with E-state index in [9.17, 15) is 9.59 Å². The zero-order valence-corrected chi connectivity index (χ0v) is 16.8. The highest BCUT2D eigenvalue weighted by Gasteiger charge is 2.20. The molecule has 3 N–H and O–H groups in total. The summed E-state index contributed by atoms with van der Waals surface area (Å²) in [5.41, 5.74) is 8.58. The highest BCUT2D eigenvalue weighted by atomic mass is 35.5. The number of rotatable bonds is 6. The van der Waals surface area contributed by atoms with Crippen molar-refractivity contribution < 1.29 is 9.59 Å². The molecule has 0 saturated carbocycles. The van der Waals surface area contributed by atoms with Gasteiger partial charge in [0.1, 0.15) is 5.00 Å². The minimum absolute atomic E-state index is 0.352. The van der Waals surface area contributed by atoms with Crippen molar-refractivity contribution in [1.29, 1.82) is 0 Å². The quantitative estimate of drug-likeness (QED) is 0.558. The third-order valence-corrected chi connectivity index (χ3v) is 5.81. The first-order valence-electron chi connectivity index (χ1n) is 8.65. The van der Waals surface area contributed by atoms with Gasteiger partial charge in [-0.3, -0.25) is 9.59 Å². The molecule has 2 aromatic carbocycles. The van der Waals surface area contributed by atoms with Gasteiger partial charge in [-0.1, -0.05) is 60.1 Å². The Morgan fingerprint density at radius 1 is 1.11 bits per heavy atom. The van der Waals surface area contributed by atoms with Crippen molar-refractivity contribution in [1.82, 2.24) is 0 Å². The second-order valence-corrected chi connectivity index (χ2v) is 7.74. The summed E-state index contributed by atoms with van der Waals surface area (Å²) in [5.74, 6) is -0.909. The molecule has 0 unspecified atom stereocenters. The zero-order valence-electron chi connectivity index (χ0n) is 15.2. The molecule has 3 rings (SSSR count). The van der Waals surface area contributed by atoms with Crippen LogP contribution in [0.1, 0.15) is 31.9 Å². The van der Waals surface area contributed by atoms with Crippen LogP contribution < -0.4 is 11.1 Å². The minimum atomic E-state index is -0.557. The number of carbonyl (C=O) groups excluding carboxylic acids is 2. The van der Waals surface area contributed by atoms with Crippen molar-refractivity contribution in [3.8, 4) is 0 Å². The second-order valence-electron chi connectivity index (χ2n) is 6.23. The minimum Gasteiger partial charge on any atom is -0.365 e. The highest BCUT2D eigenvalue weighted by molar-refractivity contribution is 7.17. The number of hydrogen-bond donors (Lipinski definition) is 2. The Bertz CT molecular complexity index is 1040. The molecule has 4 nitrogen and oxygen atoms in total. The van der Waals surface area contributed by atoms with E-state index < -0.39 is 5.91 Å². The number of thiophene rings is 1. The molecule has 0 aliphatic carbocycles. The van der Waals surface area contributed by atoms with Crippen molar-refractivity contribution in [2.75, 3.05) is 5.32 Å². The number of anilines is 1. The smallest absolute Gasteiger partial charge is 0.251 e. The first-order valence-corrected chi connectivity index (χ1v) is 9.84. The first-order chi connectivity index (χ1) is 13.5. The average Bonchev–Trinajstić information content (AvgIpc) is 2.97. The van der Waals surface area contributed by atoms with Crippen LogP contribution in [0.15, 0.2) is 60.7 Å². The van der Waals surface area contributed by atoms with E-state index in [1.807, 2.05) is 55.5 Å². The second kappa shape index (κ2) is 8.87. The highest BCUT2D eigenvalue weighted by Crippen LogP contribution is 2.34. The van der Waals surface area contributed by atoms with Gasteiger partial charge in [0.2, 0.25) is 5.91 Å². The summed E-state index contributed by atoms with van der Waals surface area (Å²) >= 11 is 7.46. The van der Waals surface area contributed by atoms with Gasteiger partial charge in [0.15, 0.2) is 0 Å². The molecule has 0 aliphatic rings. The molecular formula is C22H19ClN2O2S. The lowest BCUT2D eigenvalue weighted by molar-refractivity contribution is -0.111. The molecule has 28 heavy (non-hydrogen) atoms. The van der Waals surface area contributed by atoms with Crippen LogP contribution in [0, 0.1) is 6.92 Å². The molecule has 6 heteroatoms. The maximum absolute atomic E-state index is 12.4. The molecule has 0 spiro atoms. The van der Waals surface area contributed by atoms with E-state index in [0.717, 1.165) is 21.6 Å². The number of halogens is 1. The summed E-state index contributed by atoms with van der Waals surface area (Å²) < 4.78 is 0. The van der Waals surface area contributed by atoms with E-state index in [4.69, 9.17) is 17.3 Å². The number of benzene rings is 2. The largest absolute Gasteiger partial charge is 0.365 e. The molecule has 1 heterocycles. The van der Waals surface area contributed by atoms with Gasteiger partial charge in [0.05, 0.1) is 5.56 Å². The molecule has 2 amide bonds. The van der Waals surface area contributed by atoms with Crippen molar-refractivity contribution in [3.05, 3.63) is 92.8 Å². The number of primary amides is 1. The lowest BCUT2D eigenvalue weighted by Gasteiger charge is -2.02. The maximum atomic E-state index is 12.4. The molecule has 0 saturated heterocycles. The topological polar surface area (TPSA) is 72.2 Å². The van der Waals surface area contributed by atoms with Crippen molar-refractivity contribution in [3.63, 3.8) is 0 Å². The first kappa shape index (κ1) is 19.9. The number of amides is 2. The van der Waals surface area contributed by atoms with Crippen LogP contribution in [0.2, 0.25) is 5.02 Å². The van der Waals surface area contributed by atoms with E-state index in [2.05, 4.69) is 5.32 Å². The van der Waals surface area contributed by atoms with E-state index in [1.54, 1.807) is 12.1 Å². The molecule has 0 atom stereocenters. The third-order valence-electron chi connectivity index (χ3n) is 4.26. The Balaban J connectivity index is 1.82. The Hall–Kier alpha value is -2.89. The standard InChI is InChI=1S/C22H19ClN2O2S/c1-14-18(13-15-7-3-2-4-8-15)28-22(20(14)21(24)27)25-19(26)12-11-16-9-5-6-10-17(16)23/h2-12H,13H2,1H3,(H2,24,27)(H,25,26). The Morgan fingerprint density at radius 2 is 1.79 bits per heavy atom. The summed E-state index contributed by atoms with van der Waals surface area (Å²) in [6.45, 7) is 1.85. The number of nitrogens with one attached hydrogen (secondary N) is 1. The lowest BCUT2D eigenvalue weighted by Crippen LogP contribution is -2.16. The van der Waals surface area contributed by atoms with E-state index >= 15 is 0 Å². The van der Waals surface area contributed by atoms with Crippen LogP contribution in [0.25, 0.3) is 6.08 Å². The average molecular weight is 411 g/mol. The molecule has 0 radical (unpaired) electrons. The number of carbonyl (C=O) groups is 2. The Labute approximate surface area is 172 Å². The summed E-state index contributed by atoms with van der Waals surface area (Å²) in [4.78, 5) is 25.3. The summed E-state index contributed by atoms with van der Waals surface area (Å²) in [5, 5.41) is 3.80. The van der Waals surface area contributed by atoms with Crippen LogP contribution in [0.3, 0.4) is 0 Å². The SMILES string of the molecule is Cc1c(Cc2ccccc2)sc(NC(=O)C=Cc2ccccc2Cl)c1C(N)=O. The fourth-order valence-electron chi connectivity index (χ4n) is 2.82. The molecule has 3 aromatic rings. The fourth-order valence-corrected chi connectivity index (χ4v) is 4.27. The van der Waals surface area contributed by atoms with Crippen molar-refractivity contribution >= 4 is 45.8 Å². The molecule has 0 fully saturated rings. The van der Waals surface area contributed by atoms with Crippen LogP contribution in [-0.2, 0) is 11.2 Å². The predicted molar refractivity (Wildman–Crippen MR) is 116 cm³/mol. The van der Waals surface area contributed by atoms with Gasteiger partial charge in [0.25, 0.3) is 5.91 Å². The van der Waals surface area contributed by atoms with Gasteiger partial charge in [0, 0.05) is 22.4 Å². The monoisotopic (exact) mass is 410 g/mol. The Morgan fingerprint density at radius 3 is 2.46 bits per heavy atom. The van der Waals surface area contributed by atoms with Gasteiger partial charge in [-0.15, -0.1) is 11.3 Å². The maximum Gasteiger partial charge on any atom is 0.251 e. The van der Waals surface area contributed by atoms with Gasteiger partial charge in [-0.2, -0.15) is 0 Å².